The number of hydrogen-bond donors (Lipinski definition) is 2. The molecule has 2 N–H and O–H groups in total. The zero-order valence-electron chi connectivity index (χ0n) is 15.1. The predicted molar refractivity (Wildman–Crippen MR) is 110 cm³/mol. The van der Waals surface area contributed by atoms with Crippen molar-refractivity contribution < 1.29 is 9.13 Å². The number of rotatable bonds is 5. The molecule has 2 aromatic carbocycles. The minimum Gasteiger partial charge on any atom is -0.439 e. The van der Waals surface area contributed by atoms with Crippen LogP contribution in [0.1, 0.15) is 16.7 Å². The first-order valence-electron chi connectivity index (χ1n) is 8.51. The van der Waals surface area contributed by atoms with Crippen LogP contribution in [0.5, 0.6) is 11.6 Å². The first-order chi connectivity index (χ1) is 13.0. The fourth-order valence-electron chi connectivity index (χ4n) is 2.51. The van der Waals surface area contributed by atoms with E-state index in [1.807, 2.05) is 38.1 Å². The fraction of sp³-hybridized carbons (Fsp3) is 0.143. The van der Waals surface area contributed by atoms with Gasteiger partial charge in [-0.15, -0.1) is 0 Å². The van der Waals surface area contributed by atoms with E-state index < -0.39 is 0 Å². The van der Waals surface area contributed by atoms with Crippen molar-refractivity contribution in [2.75, 3.05) is 5.32 Å². The van der Waals surface area contributed by atoms with Crippen LogP contribution in [-0.2, 0) is 6.54 Å². The number of anilines is 1. The lowest BCUT2D eigenvalue weighted by atomic mass is 10.1. The highest BCUT2D eigenvalue weighted by atomic mass is 32.1. The van der Waals surface area contributed by atoms with Gasteiger partial charge in [0.25, 0.3) is 0 Å². The van der Waals surface area contributed by atoms with Crippen molar-refractivity contribution >= 4 is 23.0 Å². The van der Waals surface area contributed by atoms with E-state index in [0.717, 1.165) is 22.4 Å². The Bertz CT molecular complexity index is 962. The highest BCUT2D eigenvalue weighted by Gasteiger charge is 2.08. The summed E-state index contributed by atoms with van der Waals surface area (Å²) in [6, 6.07) is 15.8. The number of pyridine rings is 1. The lowest BCUT2D eigenvalue weighted by molar-refractivity contribution is 0.451. The van der Waals surface area contributed by atoms with Gasteiger partial charge in [-0.05, 0) is 61.5 Å². The van der Waals surface area contributed by atoms with Crippen LogP contribution in [0.3, 0.4) is 0 Å². The van der Waals surface area contributed by atoms with Gasteiger partial charge in [-0.2, -0.15) is 0 Å². The number of nitrogens with zero attached hydrogens (tertiary/aromatic N) is 1. The normalized spacial score (nSPS) is 10.3. The van der Waals surface area contributed by atoms with E-state index >= 15 is 0 Å². The lowest BCUT2D eigenvalue weighted by Crippen LogP contribution is -2.28. The van der Waals surface area contributed by atoms with Crippen molar-refractivity contribution in [3.63, 3.8) is 0 Å². The fourth-order valence-corrected chi connectivity index (χ4v) is 2.69. The van der Waals surface area contributed by atoms with Gasteiger partial charge in [-0.25, -0.2) is 9.37 Å². The first kappa shape index (κ1) is 18.8. The number of ether oxygens (including phenoxy) is 1. The summed E-state index contributed by atoms with van der Waals surface area (Å²) >= 11 is 5.40. The molecule has 0 saturated carbocycles. The van der Waals surface area contributed by atoms with Gasteiger partial charge in [0.1, 0.15) is 11.6 Å². The van der Waals surface area contributed by atoms with Gasteiger partial charge < -0.3 is 15.4 Å². The topological polar surface area (TPSA) is 46.2 Å². The Morgan fingerprint density at radius 1 is 1.11 bits per heavy atom. The molecular weight excluding hydrogens is 361 g/mol. The Kier molecular flexibility index (Phi) is 5.98. The maximum Gasteiger partial charge on any atom is 0.224 e. The van der Waals surface area contributed by atoms with Crippen LogP contribution in [-0.4, -0.2) is 10.1 Å². The quantitative estimate of drug-likeness (QED) is 0.601. The highest BCUT2D eigenvalue weighted by Crippen LogP contribution is 2.23. The standard InChI is InChI=1S/C21H20FN3OS/c1-14-8-9-15(2)19(11-14)25-21(27)24-13-16-5-4-10-23-20(16)26-18-7-3-6-17(22)12-18/h3-12H,13H2,1-2H3,(H2,24,25,27). The summed E-state index contributed by atoms with van der Waals surface area (Å²) in [5, 5.41) is 6.87. The molecule has 0 aliphatic heterocycles. The second-order valence-electron chi connectivity index (χ2n) is 6.15. The van der Waals surface area contributed by atoms with Crippen molar-refractivity contribution in [1.82, 2.24) is 10.3 Å². The molecule has 4 nitrogen and oxygen atoms in total. The molecule has 0 atom stereocenters. The molecule has 3 rings (SSSR count). The Labute approximate surface area is 163 Å². The van der Waals surface area contributed by atoms with Crippen LogP contribution in [0, 0.1) is 19.7 Å². The molecule has 0 amide bonds. The molecule has 0 saturated heterocycles. The van der Waals surface area contributed by atoms with E-state index in [1.54, 1.807) is 18.3 Å². The van der Waals surface area contributed by atoms with E-state index in [2.05, 4.69) is 21.7 Å². The molecule has 0 spiro atoms. The minimum absolute atomic E-state index is 0.359. The smallest absolute Gasteiger partial charge is 0.224 e. The zero-order chi connectivity index (χ0) is 19.2. The molecule has 1 heterocycles. The summed E-state index contributed by atoms with van der Waals surface area (Å²) in [7, 11) is 0. The van der Waals surface area contributed by atoms with E-state index in [-0.39, 0.29) is 5.82 Å². The Morgan fingerprint density at radius 2 is 1.96 bits per heavy atom. The van der Waals surface area contributed by atoms with E-state index in [4.69, 9.17) is 17.0 Å². The molecule has 138 valence electrons. The molecule has 0 unspecified atom stereocenters. The van der Waals surface area contributed by atoms with Crippen LogP contribution in [0.4, 0.5) is 10.1 Å². The molecule has 0 aliphatic carbocycles. The van der Waals surface area contributed by atoms with Crippen LogP contribution in [0.2, 0.25) is 0 Å². The maximum atomic E-state index is 13.4. The van der Waals surface area contributed by atoms with Gasteiger partial charge >= 0.3 is 0 Å². The SMILES string of the molecule is Cc1ccc(C)c(NC(=S)NCc2cccnc2Oc2cccc(F)c2)c1. The summed E-state index contributed by atoms with van der Waals surface area (Å²) in [5.41, 5.74) is 4.05. The molecule has 0 fully saturated rings. The Morgan fingerprint density at radius 3 is 2.78 bits per heavy atom. The predicted octanol–water partition coefficient (Wildman–Crippen LogP) is 5.12. The van der Waals surface area contributed by atoms with Crippen molar-refractivity contribution in [1.29, 1.82) is 0 Å². The van der Waals surface area contributed by atoms with Crippen LogP contribution in [0.25, 0.3) is 0 Å². The lowest BCUT2D eigenvalue weighted by Gasteiger charge is -2.14. The van der Waals surface area contributed by atoms with Crippen LogP contribution < -0.4 is 15.4 Å². The monoisotopic (exact) mass is 381 g/mol. The second kappa shape index (κ2) is 8.60. The molecule has 6 heteroatoms. The van der Waals surface area contributed by atoms with Gasteiger partial charge in [-0.3, -0.25) is 0 Å². The summed E-state index contributed by atoms with van der Waals surface area (Å²) in [5.74, 6) is 0.443. The second-order valence-corrected chi connectivity index (χ2v) is 6.56. The number of nitrogens with one attached hydrogen (secondary N) is 2. The molecule has 0 bridgehead atoms. The number of hydrogen-bond acceptors (Lipinski definition) is 3. The Balaban J connectivity index is 1.66. The van der Waals surface area contributed by atoms with Gasteiger partial charge in [0, 0.05) is 30.1 Å². The third-order valence-electron chi connectivity index (χ3n) is 3.94. The van der Waals surface area contributed by atoms with E-state index in [0.29, 0.717) is 23.3 Å². The van der Waals surface area contributed by atoms with Crippen molar-refractivity contribution in [3.05, 3.63) is 83.3 Å². The van der Waals surface area contributed by atoms with Gasteiger partial charge in [0.15, 0.2) is 5.11 Å². The molecule has 1 aromatic heterocycles. The first-order valence-corrected chi connectivity index (χ1v) is 8.91. The number of aromatic nitrogens is 1. The largest absolute Gasteiger partial charge is 0.439 e. The summed E-state index contributed by atoms with van der Waals surface area (Å²) in [6.07, 6.45) is 1.63. The molecule has 3 aromatic rings. The van der Waals surface area contributed by atoms with Gasteiger partial charge in [0.2, 0.25) is 5.88 Å². The third kappa shape index (κ3) is 5.24. The van der Waals surface area contributed by atoms with E-state index in [9.17, 15) is 4.39 Å². The summed E-state index contributed by atoms with van der Waals surface area (Å²) in [4.78, 5) is 4.24. The van der Waals surface area contributed by atoms with Crippen molar-refractivity contribution in [2.24, 2.45) is 0 Å². The average molecular weight is 381 g/mol. The molecular formula is C21H20FN3OS. The van der Waals surface area contributed by atoms with Crippen LogP contribution >= 0.6 is 12.2 Å². The average Bonchev–Trinajstić information content (AvgIpc) is 2.64. The summed E-state index contributed by atoms with van der Waals surface area (Å²) in [6.45, 7) is 4.48. The van der Waals surface area contributed by atoms with Gasteiger partial charge in [-0.1, -0.05) is 24.3 Å². The number of benzene rings is 2. The number of aryl methyl sites for hydroxylation is 2. The van der Waals surface area contributed by atoms with Gasteiger partial charge in [0.05, 0.1) is 0 Å². The van der Waals surface area contributed by atoms with Crippen molar-refractivity contribution in [3.8, 4) is 11.6 Å². The maximum absolute atomic E-state index is 13.4. The number of thiocarbonyl (C=S) groups is 1. The van der Waals surface area contributed by atoms with Crippen molar-refractivity contribution in [2.45, 2.75) is 20.4 Å². The number of halogens is 1. The van der Waals surface area contributed by atoms with Crippen LogP contribution in [0.15, 0.2) is 60.8 Å². The molecule has 0 aliphatic rings. The minimum atomic E-state index is -0.359. The Hall–Kier alpha value is -2.99. The zero-order valence-corrected chi connectivity index (χ0v) is 15.9. The summed E-state index contributed by atoms with van der Waals surface area (Å²) < 4.78 is 19.1. The highest BCUT2D eigenvalue weighted by molar-refractivity contribution is 7.80. The molecule has 0 radical (unpaired) electrons. The third-order valence-corrected chi connectivity index (χ3v) is 4.19. The van der Waals surface area contributed by atoms with E-state index in [1.165, 1.54) is 12.1 Å². The molecule has 27 heavy (non-hydrogen) atoms.